The van der Waals surface area contributed by atoms with Crippen LogP contribution in [0.25, 0.3) is 10.2 Å². The quantitative estimate of drug-likeness (QED) is 0.443. The van der Waals surface area contributed by atoms with E-state index in [4.69, 9.17) is 16.6 Å². The molecule has 0 fully saturated rings. The average molecular weight is 452 g/mol. The summed E-state index contributed by atoms with van der Waals surface area (Å²) < 4.78 is 1.14. The third-order valence-corrected chi connectivity index (χ3v) is 6.39. The van der Waals surface area contributed by atoms with Gasteiger partial charge in [0, 0.05) is 23.7 Å². The number of aryl methyl sites for hydroxylation is 2. The van der Waals surface area contributed by atoms with Gasteiger partial charge in [-0.25, -0.2) is 4.98 Å². The predicted molar refractivity (Wildman–Crippen MR) is 127 cm³/mol. The Balaban J connectivity index is 0.00000300. The van der Waals surface area contributed by atoms with Crippen LogP contribution in [0.15, 0.2) is 36.4 Å². The maximum absolute atomic E-state index is 13.3. The zero-order chi connectivity index (χ0) is 20.3. The molecule has 0 saturated heterocycles. The van der Waals surface area contributed by atoms with Crippen LogP contribution < -0.4 is 4.90 Å². The van der Waals surface area contributed by atoms with Crippen LogP contribution in [0.1, 0.15) is 35.3 Å². The third kappa shape index (κ3) is 5.48. The summed E-state index contributed by atoms with van der Waals surface area (Å²) in [7, 11) is 0. The number of fused-ring (bicyclic) bond motifs is 1. The number of rotatable bonds is 7. The molecule has 1 heterocycles. The molecule has 0 spiro atoms. The first kappa shape index (κ1) is 23.6. The molecule has 0 bridgehead atoms. The normalized spacial score (nSPS) is 11.0. The number of nitrogens with zero attached hydrogens (tertiary/aromatic N) is 3. The number of benzene rings is 2. The van der Waals surface area contributed by atoms with Gasteiger partial charge in [0.05, 0.1) is 10.2 Å². The third-order valence-electron chi connectivity index (χ3n) is 4.91. The molecule has 0 N–H and O–H groups in total. The molecule has 2 aromatic carbocycles. The molecular weight excluding hydrogens is 425 g/mol. The van der Waals surface area contributed by atoms with Gasteiger partial charge < -0.3 is 4.90 Å². The van der Waals surface area contributed by atoms with Crippen molar-refractivity contribution in [2.75, 3.05) is 31.1 Å². The summed E-state index contributed by atoms with van der Waals surface area (Å²) in [6, 6.07) is 11.3. The lowest BCUT2D eigenvalue weighted by atomic mass is 10.1. The lowest BCUT2D eigenvalue weighted by Gasteiger charge is -2.24. The largest absolute Gasteiger partial charge is 0.302 e. The SMILES string of the molecule is CCN(CC)CCN(C(=O)c1ccc(Cl)cc1)c1nc2cc(C)cc(C)c2s1.Cl. The number of aromatic nitrogens is 1. The Morgan fingerprint density at radius 2 is 1.72 bits per heavy atom. The molecule has 156 valence electrons. The summed E-state index contributed by atoms with van der Waals surface area (Å²) in [5, 5.41) is 1.37. The second-order valence-corrected chi connectivity index (χ2v) is 8.33. The van der Waals surface area contributed by atoms with E-state index in [1.54, 1.807) is 40.5 Å². The molecule has 7 heteroatoms. The Kier molecular flexibility index (Phi) is 8.46. The van der Waals surface area contributed by atoms with Gasteiger partial charge in [0.25, 0.3) is 5.91 Å². The maximum Gasteiger partial charge on any atom is 0.260 e. The van der Waals surface area contributed by atoms with Gasteiger partial charge in [0.1, 0.15) is 0 Å². The van der Waals surface area contributed by atoms with Crippen LogP contribution in [0.4, 0.5) is 5.13 Å². The van der Waals surface area contributed by atoms with Crippen molar-refractivity contribution in [1.82, 2.24) is 9.88 Å². The van der Waals surface area contributed by atoms with Gasteiger partial charge in [-0.15, -0.1) is 12.4 Å². The monoisotopic (exact) mass is 451 g/mol. The van der Waals surface area contributed by atoms with Crippen molar-refractivity contribution in [2.24, 2.45) is 0 Å². The number of halogens is 2. The molecule has 0 atom stereocenters. The van der Waals surface area contributed by atoms with Crippen molar-refractivity contribution in [3.8, 4) is 0 Å². The van der Waals surface area contributed by atoms with Gasteiger partial charge in [-0.1, -0.05) is 42.9 Å². The van der Waals surface area contributed by atoms with Gasteiger partial charge >= 0.3 is 0 Å². The van der Waals surface area contributed by atoms with Crippen LogP contribution >= 0.6 is 35.3 Å². The minimum absolute atomic E-state index is 0. The molecule has 0 aliphatic heterocycles. The first-order valence-electron chi connectivity index (χ1n) is 9.60. The van der Waals surface area contributed by atoms with E-state index < -0.39 is 0 Å². The van der Waals surface area contributed by atoms with Gasteiger partial charge in [0.2, 0.25) is 0 Å². The average Bonchev–Trinajstić information content (AvgIpc) is 3.09. The van der Waals surface area contributed by atoms with E-state index in [9.17, 15) is 4.79 Å². The van der Waals surface area contributed by atoms with Crippen LogP contribution in [-0.4, -0.2) is 42.0 Å². The Morgan fingerprint density at radius 1 is 1.07 bits per heavy atom. The highest BCUT2D eigenvalue weighted by Crippen LogP contribution is 2.32. The molecule has 0 aliphatic rings. The van der Waals surface area contributed by atoms with E-state index in [0.717, 1.165) is 35.0 Å². The van der Waals surface area contributed by atoms with E-state index in [1.807, 2.05) is 0 Å². The highest BCUT2D eigenvalue weighted by atomic mass is 35.5. The van der Waals surface area contributed by atoms with Crippen LogP contribution in [0.2, 0.25) is 5.02 Å². The minimum atomic E-state index is -0.0442. The number of likely N-dealkylation sites (N-methyl/N-ethyl adjacent to an activating group) is 1. The van der Waals surface area contributed by atoms with Crippen molar-refractivity contribution in [3.63, 3.8) is 0 Å². The minimum Gasteiger partial charge on any atom is -0.302 e. The summed E-state index contributed by atoms with van der Waals surface area (Å²) in [6.07, 6.45) is 0. The smallest absolute Gasteiger partial charge is 0.260 e. The number of amides is 1. The number of carbonyl (C=O) groups excluding carboxylic acids is 1. The van der Waals surface area contributed by atoms with Gasteiger partial charge in [-0.05, 0) is 68.4 Å². The highest BCUT2D eigenvalue weighted by Gasteiger charge is 2.22. The summed E-state index contributed by atoms with van der Waals surface area (Å²) in [4.78, 5) is 22.2. The predicted octanol–water partition coefficient (Wildman–Crippen LogP) is 5.98. The Morgan fingerprint density at radius 3 is 2.34 bits per heavy atom. The van der Waals surface area contributed by atoms with Crippen molar-refractivity contribution >= 4 is 56.6 Å². The summed E-state index contributed by atoms with van der Waals surface area (Å²) in [5.41, 5.74) is 3.95. The Labute approximate surface area is 187 Å². The van der Waals surface area contributed by atoms with Crippen LogP contribution in [0.3, 0.4) is 0 Å². The van der Waals surface area contributed by atoms with Crippen molar-refractivity contribution in [1.29, 1.82) is 0 Å². The van der Waals surface area contributed by atoms with Gasteiger partial charge in [-0.3, -0.25) is 9.69 Å². The van der Waals surface area contributed by atoms with Crippen molar-refractivity contribution in [2.45, 2.75) is 27.7 Å². The first-order chi connectivity index (χ1) is 13.4. The van der Waals surface area contributed by atoms with E-state index in [0.29, 0.717) is 17.1 Å². The van der Waals surface area contributed by atoms with Gasteiger partial charge in [-0.2, -0.15) is 0 Å². The van der Waals surface area contributed by atoms with Gasteiger partial charge in [0.15, 0.2) is 5.13 Å². The fraction of sp³-hybridized carbons (Fsp3) is 0.364. The summed E-state index contributed by atoms with van der Waals surface area (Å²) in [5.74, 6) is -0.0442. The van der Waals surface area contributed by atoms with Crippen LogP contribution in [0.5, 0.6) is 0 Å². The molecule has 29 heavy (non-hydrogen) atoms. The number of carbonyl (C=O) groups is 1. The second kappa shape index (κ2) is 10.4. The van der Waals surface area contributed by atoms with Crippen LogP contribution in [-0.2, 0) is 0 Å². The first-order valence-corrected chi connectivity index (χ1v) is 10.8. The molecule has 1 amide bonds. The summed E-state index contributed by atoms with van der Waals surface area (Å²) >= 11 is 7.58. The van der Waals surface area contributed by atoms with E-state index in [2.05, 4.69) is 44.7 Å². The number of hydrogen-bond donors (Lipinski definition) is 0. The standard InChI is InChI=1S/C22H26ClN3OS.ClH/c1-5-25(6-2)11-12-26(21(27)17-7-9-18(23)10-8-17)22-24-19-14-15(3)13-16(4)20(19)28-22;/h7-10,13-14H,5-6,11-12H2,1-4H3;1H. The van der Waals surface area contributed by atoms with Crippen molar-refractivity contribution in [3.05, 3.63) is 58.1 Å². The molecule has 0 unspecified atom stereocenters. The molecule has 3 rings (SSSR count). The topological polar surface area (TPSA) is 36.4 Å². The zero-order valence-corrected chi connectivity index (χ0v) is 19.6. The lowest BCUT2D eigenvalue weighted by Crippen LogP contribution is -2.38. The molecule has 0 saturated carbocycles. The second-order valence-electron chi connectivity index (χ2n) is 6.92. The molecule has 3 aromatic rings. The fourth-order valence-electron chi connectivity index (χ4n) is 3.29. The van der Waals surface area contributed by atoms with E-state index >= 15 is 0 Å². The fourth-order valence-corrected chi connectivity index (χ4v) is 4.46. The van der Waals surface area contributed by atoms with Crippen molar-refractivity contribution < 1.29 is 4.79 Å². The zero-order valence-electron chi connectivity index (χ0n) is 17.2. The van der Waals surface area contributed by atoms with E-state index in [-0.39, 0.29) is 18.3 Å². The lowest BCUT2D eigenvalue weighted by molar-refractivity contribution is 0.0984. The molecule has 1 aromatic heterocycles. The molecular formula is C22H27Cl2N3OS. The van der Waals surface area contributed by atoms with E-state index in [1.165, 1.54) is 11.1 Å². The number of hydrogen-bond acceptors (Lipinski definition) is 4. The number of anilines is 1. The Hall–Kier alpha value is -1.66. The maximum atomic E-state index is 13.3. The molecule has 0 aliphatic carbocycles. The highest BCUT2D eigenvalue weighted by molar-refractivity contribution is 7.22. The molecule has 4 nitrogen and oxygen atoms in total. The molecule has 0 radical (unpaired) electrons. The number of thiazole rings is 1. The Bertz CT molecular complexity index is 968. The summed E-state index contributed by atoms with van der Waals surface area (Å²) in [6.45, 7) is 11.8. The van der Waals surface area contributed by atoms with Crippen LogP contribution in [0, 0.1) is 13.8 Å².